The van der Waals surface area contributed by atoms with Crippen LogP contribution in [0.4, 0.5) is 0 Å². The summed E-state index contributed by atoms with van der Waals surface area (Å²) in [5, 5.41) is 3.48. The Hall–Kier alpha value is -1.06. The lowest BCUT2D eigenvalue weighted by Gasteiger charge is -2.26. The number of benzene rings is 1. The number of rotatable bonds is 7. The SMILES string of the molecule is CCOc1ccc(C(C)NCC(C)(C)OC)cc1. The minimum absolute atomic E-state index is 0.139. The molecule has 18 heavy (non-hydrogen) atoms. The summed E-state index contributed by atoms with van der Waals surface area (Å²) in [4.78, 5) is 0. The minimum Gasteiger partial charge on any atom is -0.494 e. The summed E-state index contributed by atoms with van der Waals surface area (Å²) < 4.78 is 10.8. The predicted molar refractivity (Wildman–Crippen MR) is 75.1 cm³/mol. The Labute approximate surface area is 110 Å². The van der Waals surface area contributed by atoms with Crippen molar-refractivity contribution in [2.24, 2.45) is 0 Å². The normalized spacial score (nSPS) is 13.4. The monoisotopic (exact) mass is 251 g/mol. The van der Waals surface area contributed by atoms with Gasteiger partial charge >= 0.3 is 0 Å². The molecule has 1 aromatic rings. The maximum Gasteiger partial charge on any atom is 0.119 e. The Balaban J connectivity index is 2.53. The van der Waals surface area contributed by atoms with Crippen molar-refractivity contribution in [1.82, 2.24) is 5.32 Å². The number of ether oxygens (including phenoxy) is 2. The first-order valence-corrected chi connectivity index (χ1v) is 6.50. The quantitative estimate of drug-likeness (QED) is 0.807. The molecule has 3 nitrogen and oxygen atoms in total. The van der Waals surface area contributed by atoms with Gasteiger partial charge in [0.15, 0.2) is 0 Å². The van der Waals surface area contributed by atoms with Crippen molar-refractivity contribution in [1.29, 1.82) is 0 Å². The molecular weight excluding hydrogens is 226 g/mol. The van der Waals surface area contributed by atoms with E-state index in [0.717, 1.165) is 12.3 Å². The Morgan fingerprint density at radius 3 is 2.33 bits per heavy atom. The van der Waals surface area contributed by atoms with Gasteiger partial charge in [-0.3, -0.25) is 0 Å². The highest BCUT2D eigenvalue weighted by Crippen LogP contribution is 2.18. The minimum atomic E-state index is -0.139. The summed E-state index contributed by atoms with van der Waals surface area (Å²) in [7, 11) is 1.74. The molecule has 0 aliphatic heterocycles. The van der Waals surface area contributed by atoms with E-state index in [4.69, 9.17) is 9.47 Å². The van der Waals surface area contributed by atoms with Crippen molar-refractivity contribution in [2.75, 3.05) is 20.3 Å². The van der Waals surface area contributed by atoms with Gasteiger partial charge in [0.05, 0.1) is 12.2 Å². The van der Waals surface area contributed by atoms with Crippen LogP contribution < -0.4 is 10.1 Å². The van der Waals surface area contributed by atoms with E-state index in [-0.39, 0.29) is 5.60 Å². The van der Waals surface area contributed by atoms with E-state index in [2.05, 4.69) is 38.2 Å². The van der Waals surface area contributed by atoms with Crippen LogP contribution in [0.15, 0.2) is 24.3 Å². The van der Waals surface area contributed by atoms with Crippen molar-refractivity contribution in [2.45, 2.75) is 39.3 Å². The van der Waals surface area contributed by atoms with Gasteiger partial charge in [-0.25, -0.2) is 0 Å². The largest absolute Gasteiger partial charge is 0.494 e. The summed E-state index contributed by atoms with van der Waals surface area (Å²) in [6.45, 7) is 9.81. The van der Waals surface area contributed by atoms with Crippen LogP contribution in [0.25, 0.3) is 0 Å². The van der Waals surface area contributed by atoms with Gasteiger partial charge in [-0.05, 0) is 45.4 Å². The average Bonchev–Trinajstić information content (AvgIpc) is 2.37. The zero-order valence-electron chi connectivity index (χ0n) is 12.1. The van der Waals surface area contributed by atoms with Crippen molar-refractivity contribution < 1.29 is 9.47 Å². The van der Waals surface area contributed by atoms with E-state index < -0.39 is 0 Å². The summed E-state index contributed by atoms with van der Waals surface area (Å²) in [6, 6.07) is 8.53. The molecule has 1 unspecified atom stereocenters. The van der Waals surface area contributed by atoms with Gasteiger partial charge < -0.3 is 14.8 Å². The van der Waals surface area contributed by atoms with Gasteiger partial charge in [0.25, 0.3) is 0 Å². The van der Waals surface area contributed by atoms with E-state index in [9.17, 15) is 0 Å². The first kappa shape index (κ1) is 15.0. The second-order valence-electron chi connectivity index (χ2n) is 5.07. The van der Waals surface area contributed by atoms with Crippen molar-refractivity contribution in [3.63, 3.8) is 0 Å². The summed E-state index contributed by atoms with van der Waals surface area (Å²) in [6.07, 6.45) is 0. The van der Waals surface area contributed by atoms with E-state index >= 15 is 0 Å². The molecule has 0 aromatic heterocycles. The van der Waals surface area contributed by atoms with Crippen LogP contribution in [0, 0.1) is 0 Å². The van der Waals surface area contributed by atoms with Gasteiger partial charge in [-0.2, -0.15) is 0 Å². The van der Waals surface area contributed by atoms with Crippen molar-refractivity contribution >= 4 is 0 Å². The van der Waals surface area contributed by atoms with E-state index in [1.807, 2.05) is 19.1 Å². The molecule has 1 N–H and O–H groups in total. The summed E-state index contributed by atoms with van der Waals surface area (Å²) in [5.74, 6) is 0.922. The Bertz CT molecular complexity index is 346. The zero-order chi connectivity index (χ0) is 13.6. The molecule has 0 saturated carbocycles. The molecular formula is C15H25NO2. The molecule has 0 saturated heterocycles. The summed E-state index contributed by atoms with van der Waals surface area (Å²) in [5.41, 5.74) is 1.12. The van der Waals surface area contributed by atoms with Gasteiger partial charge in [0.2, 0.25) is 0 Å². The van der Waals surface area contributed by atoms with Crippen LogP contribution in [-0.4, -0.2) is 25.9 Å². The van der Waals surface area contributed by atoms with Gasteiger partial charge in [0.1, 0.15) is 5.75 Å². The molecule has 0 fully saturated rings. The molecule has 0 bridgehead atoms. The molecule has 0 heterocycles. The number of methoxy groups -OCH3 is 1. The maximum absolute atomic E-state index is 5.43. The molecule has 0 spiro atoms. The lowest BCUT2D eigenvalue weighted by Crippen LogP contribution is -2.37. The number of hydrogen-bond acceptors (Lipinski definition) is 3. The van der Waals surface area contributed by atoms with Crippen LogP contribution in [0.3, 0.4) is 0 Å². The molecule has 0 amide bonds. The van der Waals surface area contributed by atoms with E-state index in [1.54, 1.807) is 7.11 Å². The highest BCUT2D eigenvalue weighted by Gasteiger charge is 2.17. The first-order valence-electron chi connectivity index (χ1n) is 6.50. The van der Waals surface area contributed by atoms with Crippen LogP contribution in [0.5, 0.6) is 5.75 Å². The van der Waals surface area contributed by atoms with Crippen molar-refractivity contribution in [3.8, 4) is 5.75 Å². The Kier molecular flexibility index (Phi) is 5.63. The molecule has 0 radical (unpaired) electrons. The highest BCUT2D eigenvalue weighted by molar-refractivity contribution is 5.28. The van der Waals surface area contributed by atoms with Crippen LogP contribution in [0.1, 0.15) is 39.3 Å². The number of hydrogen-bond donors (Lipinski definition) is 1. The molecule has 1 rings (SSSR count). The second-order valence-corrected chi connectivity index (χ2v) is 5.07. The molecule has 102 valence electrons. The summed E-state index contributed by atoms with van der Waals surface area (Å²) >= 11 is 0. The van der Waals surface area contributed by atoms with Gasteiger partial charge in [0, 0.05) is 19.7 Å². The molecule has 0 aliphatic carbocycles. The predicted octanol–water partition coefficient (Wildman–Crippen LogP) is 3.16. The topological polar surface area (TPSA) is 30.5 Å². The smallest absolute Gasteiger partial charge is 0.119 e. The van der Waals surface area contributed by atoms with Gasteiger partial charge in [-0.1, -0.05) is 12.1 Å². The van der Waals surface area contributed by atoms with E-state index in [1.165, 1.54) is 5.56 Å². The fourth-order valence-electron chi connectivity index (χ4n) is 1.61. The van der Waals surface area contributed by atoms with E-state index in [0.29, 0.717) is 12.6 Å². The number of nitrogens with one attached hydrogen (secondary N) is 1. The fourth-order valence-corrected chi connectivity index (χ4v) is 1.61. The lowest BCUT2D eigenvalue weighted by molar-refractivity contribution is 0.0214. The van der Waals surface area contributed by atoms with Crippen LogP contribution in [-0.2, 0) is 4.74 Å². The zero-order valence-corrected chi connectivity index (χ0v) is 12.1. The Morgan fingerprint density at radius 2 is 1.83 bits per heavy atom. The molecule has 0 aliphatic rings. The second kappa shape index (κ2) is 6.76. The third kappa shape index (κ3) is 4.67. The Morgan fingerprint density at radius 1 is 1.22 bits per heavy atom. The molecule has 1 aromatic carbocycles. The first-order chi connectivity index (χ1) is 8.48. The maximum atomic E-state index is 5.43. The highest BCUT2D eigenvalue weighted by atomic mass is 16.5. The molecule has 3 heteroatoms. The average molecular weight is 251 g/mol. The third-order valence-electron chi connectivity index (χ3n) is 3.08. The lowest BCUT2D eigenvalue weighted by atomic mass is 10.1. The van der Waals surface area contributed by atoms with Crippen LogP contribution in [0.2, 0.25) is 0 Å². The van der Waals surface area contributed by atoms with Gasteiger partial charge in [-0.15, -0.1) is 0 Å². The fraction of sp³-hybridized carbons (Fsp3) is 0.600. The standard InChI is InChI=1S/C15H25NO2/c1-6-18-14-9-7-13(8-10-14)12(2)16-11-15(3,4)17-5/h7-10,12,16H,6,11H2,1-5H3. The molecule has 1 atom stereocenters. The third-order valence-corrected chi connectivity index (χ3v) is 3.08. The van der Waals surface area contributed by atoms with Crippen LogP contribution >= 0.6 is 0 Å². The van der Waals surface area contributed by atoms with Crippen molar-refractivity contribution in [3.05, 3.63) is 29.8 Å².